The summed E-state index contributed by atoms with van der Waals surface area (Å²) in [4.78, 5) is 20.8. The van der Waals surface area contributed by atoms with Crippen LogP contribution in [0.15, 0.2) is 97.1 Å². The molecule has 0 spiro atoms. The van der Waals surface area contributed by atoms with Gasteiger partial charge in [-0.2, -0.15) is 5.10 Å². The number of rotatable bonds is 6. The first-order valence-corrected chi connectivity index (χ1v) is 11.3. The lowest BCUT2D eigenvalue weighted by molar-refractivity contribution is 0.0951. The normalized spacial score (nSPS) is 11.1. The number of aromatic amines is 2. The molecule has 7 heteroatoms. The number of imidazole rings is 1. The first kappa shape index (κ1) is 20.7. The van der Waals surface area contributed by atoms with Gasteiger partial charge in [-0.3, -0.25) is 9.89 Å². The number of hydrogen-bond donors (Lipinski definition) is 3. The van der Waals surface area contributed by atoms with Crippen molar-refractivity contribution >= 4 is 27.8 Å². The molecular weight excluding hydrogens is 438 g/mol. The molecule has 0 saturated heterocycles. The van der Waals surface area contributed by atoms with Gasteiger partial charge in [-0.1, -0.05) is 48.5 Å². The second-order valence-electron chi connectivity index (χ2n) is 8.18. The van der Waals surface area contributed by atoms with Crippen molar-refractivity contribution < 1.29 is 9.53 Å². The molecule has 0 bridgehead atoms. The Labute approximate surface area is 200 Å². The van der Waals surface area contributed by atoms with Gasteiger partial charge in [-0.05, 0) is 54.1 Å². The van der Waals surface area contributed by atoms with Crippen molar-refractivity contribution in [1.82, 2.24) is 25.5 Å². The molecule has 6 aromatic rings. The van der Waals surface area contributed by atoms with Crippen LogP contribution in [-0.2, 0) is 6.54 Å². The largest absolute Gasteiger partial charge is 0.457 e. The Hall–Kier alpha value is -4.91. The topological polar surface area (TPSA) is 95.7 Å². The Morgan fingerprint density at radius 1 is 0.829 bits per heavy atom. The highest BCUT2D eigenvalue weighted by Gasteiger charge is 2.14. The number of hydrogen-bond acceptors (Lipinski definition) is 4. The van der Waals surface area contributed by atoms with Crippen LogP contribution in [0.3, 0.4) is 0 Å². The number of nitrogens with zero attached hydrogens (tertiary/aromatic N) is 2. The predicted molar refractivity (Wildman–Crippen MR) is 135 cm³/mol. The highest BCUT2D eigenvalue weighted by molar-refractivity contribution is 5.98. The molecule has 0 aliphatic carbocycles. The van der Waals surface area contributed by atoms with Crippen molar-refractivity contribution in [3.8, 4) is 23.0 Å². The van der Waals surface area contributed by atoms with E-state index in [1.54, 1.807) is 12.1 Å². The average molecular weight is 460 g/mol. The smallest absolute Gasteiger partial charge is 0.251 e. The SMILES string of the molecule is O=C(NCc1ccc(Oc2ccccc2)cc1)c1ccc2[nH]c(-c3n[nH]c4ccccc34)nc2c1. The molecule has 0 saturated carbocycles. The number of benzene rings is 4. The van der Waals surface area contributed by atoms with Crippen molar-refractivity contribution in [1.29, 1.82) is 0 Å². The predicted octanol–water partition coefficient (Wildman–Crippen LogP) is 5.83. The van der Waals surface area contributed by atoms with E-state index in [0.29, 0.717) is 23.4 Å². The van der Waals surface area contributed by atoms with Crippen LogP contribution in [0.5, 0.6) is 11.5 Å². The molecule has 2 heterocycles. The maximum absolute atomic E-state index is 12.8. The molecule has 0 aliphatic heterocycles. The summed E-state index contributed by atoms with van der Waals surface area (Å²) in [5.41, 5.74) is 4.78. The van der Waals surface area contributed by atoms with E-state index >= 15 is 0 Å². The molecule has 0 fully saturated rings. The third kappa shape index (κ3) is 4.22. The third-order valence-corrected chi connectivity index (χ3v) is 5.80. The van der Waals surface area contributed by atoms with Crippen molar-refractivity contribution in [3.63, 3.8) is 0 Å². The summed E-state index contributed by atoms with van der Waals surface area (Å²) in [6.07, 6.45) is 0. The molecule has 35 heavy (non-hydrogen) atoms. The number of ether oxygens (including phenoxy) is 1. The first-order valence-electron chi connectivity index (χ1n) is 11.3. The van der Waals surface area contributed by atoms with Crippen LogP contribution in [0.4, 0.5) is 0 Å². The summed E-state index contributed by atoms with van der Waals surface area (Å²) in [6, 6.07) is 30.6. The van der Waals surface area contributed by atoms with Crippen LogP contribution >= 0.6 is 0 Å². The monoisotopic (exact) mass is 459 g/mol. The third-order valence-electron chi connectivity index (χ3n) is 5.80. The summed E-state index contributed by atoms with van der Waals surface area (Å²) in [6.45, 7) is 0.410. The second kappa shape index (κ2) is 8.79. The lowest BCUT2D eigenvalue weighted by Crippen LogP contribution is -2.22. The summed E-state index contributed by atoms with van der Waals surface area (Å²) < 4.78 is 5.82. The molecule has 4 aromatic carbocycles. The van der Waals surface area contributed by atoms with Crippen LogP contribution in [-0.4, -0.2) is 26.1 Å². The molecule has 0 unspecified atom stereocenters. The zero-order valence-electron chi connectivity index (χ0n) is 18.7. The van der Waals surface area contributed by atoms with Crippen LogP contribution in [0.1, 0.15) is 15.9 Å². The van der Waals surface area contributed by atoms with Gasteiger partial charge in [0.25, 0.3) is 5.91 Å². The van der Waals surface area contributed by atoms with Gasteiger partial charge >= 0.3 is 0 Å². The Balaban J connectivity index is 1.14. The number of amides is 1. The Bertz CT molecular complexity index is 1640. The number of carbonyl (C=O) groups is 1. The van der Waals surface area contributed by atoms with Crippen molar-refractivity contribution in [2.24, 2.45) is 0 Å². The number of para-hydroxylation sites is 2. The number of fused-ring (bicyclic) bond motifs is 2. The molecule has 2 aromatic heterocycles. The van der Waals surface area contributed by atoms with Crippen LogP contribution in [0, 0.1) is 0 Å². The molecular formula is C28H21N5O2. The fourth-order valence-corrected chi connectivity index (χ4v) is 3.99. The van der Waals surface area contributed by atoms with Gasteiger partial charge in [-0.25, -0.2) is 4.98 Å². The zero-order chi connectivity index (χ0) is 23.6. The van der Waals surface area contributed by atoms with Gasteiger partial charge in [0.05, 0.1) is 16.6 Å². The minimum absolute atomic E-state index is 0.161. The molecule has 170 valence electrons. The van der Waals surface area contributed by atoms with Gasteiger partial charge in [0.2, 0.25) is 0 Å². The molecule has 0 radical (unpaired) electrons. The second-order valence-corrected chi connectivity index (χ2v) is 8.18. The van der Waals surface area contributed by atoms with E-state index in [9.17, 15) is 4.79 Å². The van der Waals surface area contributed by atoms with Gasteiger partial charge in [-0.15, -0.1) is 0 Å². The number of nitrogens with one attached hydrogen (secondary N) is 3. The highest BCUT2D eigenvalue weighted by Crippen LogP contribution is 2.26. The minimum Gasteiger partial charge on any atom is -0.457 e. The summed E-state index contributed by atoms with van der Waals surface area (Å²) >= 11 is 0. The summed E-state index contributed by atoms with van der Waals surface area (Å²) in [7, 11) is 0. The fraction of sp³-hybridized carbons (Fsp3) is 0.0357. The van der Waals surface area contributed by atoms with Crippen molar-refractivity contribution in [2.75, 3.05) is 0 Å². The van der Waals surface area contributed by atoms with E-state index in [1.807, 2.05) is 84.9 Å². The van der Waals surface area contributed by atoms with Gasteiger partial charge in [0, 0.05) is 17.5 Å². The lowest BCUT2D eigenvalue weighted by Gasteiger charge is -2.08. The Morgan fingerprint density at radius 2 is 1.60 bits per heavy atom. The van der Waals surface area contributed by atoms with E-state index in [4.69, 9.17) is 4.74 Å². The lowest BCUT2D eigenvalue weighted by atomic mass is 10.1. The minimum atomic E-state index is -0.161. The van der Waals surface area contributed by atoms with E-state index in [-0.39, 0.29) is 5.91 Å². The van der Waals surface area contributed by atoms with Gasteiger partial charge < -0.3 is 15.0 Å². The summed E-state index contributed by atoms with van der Waals surface area (Å²) in [5, 5.41) is 11.4. The Kier molecular flexibility index (Phi) is 5.20. The Morgan fingerprint density at radius 3 is 2.46 bits per heavy atom. The maximum Gasteiger partial charge on any atom is 0.251 e. The molecule has 6 rings (SSSR count). The standard InChI is InChI=1S/C28H21N5O2/c34-28(29-17-18-10-13-21(14-11-18)35-20-6-2-1-3-7-20)19-12-15-24-25(16-19)31-27(30-24)26-22-8-4-5-9-23(22)32-33-26/h1-16H,17H2,(H,29,34)(H,30,31)(H,32,33). The van der Waals surface area contributed by atoms with Crippen LogP contribution in [0.25, 0.3) is 33.5 Å². The van der Waals surface area contributed by atoms with E-state index < -0.39 is 0 Å². The zero-order valence-corrected chi connectivity index (χ0v) is 18.7. The highest BCUT2D eigenvalue weighted by atomic mass is 16.5. The van der Waals surface area contributed by atoms with Crippen LogP contribution < -0.4 is 10.1 Å². The van der Waals surface area contributed by atoms with Gasteiger partial charge in [0.15, 0.2) is 5.82 Å². The molecule has 0 atom stereocenters. The first-order chi connectivity index (χ1) is 17.2. The molecule has 1 amide bonds. The molecule has 7 nitrogen and oxygen atoms in total. The van der Waals surface area contributed by atoms with Crippen molar-refractivity contribution in [3.05, 3.63) is 108 Å². The van der Waals surface area contributed by atoms with Crippen molar-refractivity contribution in [2.45, 2.75) is 6.54 Å². The quantitative estimate of drug-likeness (QED) is 0.292. The number of H-pyrrole nitrogens is 2. The molecule has 3 N–H and O–H groups in total. The molecule has 0 aliphatic rings. The fourth-order valence-electron chi connectivity index (χ4n) is 3.99. The number of aromatic nitrogens is 4. The van der Waals surface area contributed by atoms with Crippen LogP contribution in [0.2, 0.25) is 0 Å². The number of carbonyl (C=O) groups excluding carboxylic acids is 1. The summed E-state index contributed by atoms with van der Waals surface area (Å²) in [5.74, 6) is 2.03. The van der Waals surface area contributed by atoms with Gasteiger partial charge in [0.1, 0.15) is 17.2 Å². The van der Waals surface area contributed by atoms with E-state index in [0.717, 1.165) is 39.2 Å². The maximum atomic E-state index is 12.8. The van der Waals surface area contributed by atoms with E-state index in [1.165, 1.54) is 0 Å². The average Bonchev–Trinajstić information content (AvgIpc) is 3.52. The van der Waals surface area contributed by atoms with E-state index in [2.05, 4.69) is 25.5 Å².